The Bertz CT molecular complexity index is 558. The van der Waals surface area contributed by atoms with Gasteiger partial charge in [0, 0.05) is 7.05 Å². The first-order valence-corrected chi connectivity index (χ1v) is 6.25. The molecule has 2 N–H and O–H groups in total. The molecule has 1 aromatic rings. The molecule has 0 saturated heterocycles. The van der Waals surface area contributed by atoms with Gasteiger partial charge in [0.05, 0.1) is 11.9 Å². The molecule has 1 aromatic heterocycles. The third kappa shape index (κ3) is 4.22. The van der Waals surface area contributed by atoms with Crippen LogP contribution in [0.1, 0.15) is 6.92 Å². The van der Waals surface area contributed by atoms with E-state index in [0.717, 1.165) is 6.20 Å². The molecule has 0 spiro atoms. The van der Waals surface area contributed by atoms with E-state index in [0.29, 0.717) is 4.68 Å². The van der Waals surface area contributed by atoms with Crippen molar-refractivity contribution in [3.8, 4) is 0 Å². The molecule has 0 saturated carbocycles. The predicted octanol–water partition coefficient (Wildman–Crippen LogP) is 1.11. The number of hydrogen-bond acceptors (Lipinski definition) is 4. The number of carbonyl (C=O) groups is 1. The summed E-state index contributed by atoms with van der Waals surface area (Å²) in [5.74, 6) is -0.337. The fourth-order valence-corrected chi connectivity index (χ4v) is 1.78. The van der Waals surface area contributed by atoms with E-state index in [1.807, 2.05) is 0 Å². The number of halogens is 4. The van der Waals surface area contributed by atoms with E-state index in [4.69, 9.17) is 0 Å². The van der Waals surface area contributed by atoms with Crippen molar-refractivity contribution < 1.29 is 18.0 Å². The quantitative estimate of drug-likeness (QED) is 0.847. The zero-order chi connectivity index (χ0) is 15.5. The third-order valence-electron chi connectivity index (χ3n) is 2.33. The SMILES string of the molecule is CNC(=O)C(C)Nc1cnn(CC(F)(F)F)c(=O)c1Br. The maximum atomic E-state index is 12.2. The summed E-state index contributed by atoms with van der Waals surface area (Å²) in [6, 6.07) is -0.670. The fraction of sp³-hybridized carbons (Fsp3) is 0.500. The molecule has 0 aromatic carbocycles. The number of likely N-dealkylation sites (N-methyl/N-ethyl adjacent to an activating group) is 1. The summed E-state index contributed by atoms with van der Waals surface area (Å²) >= 11 is 2.90. The molecule has 0 aliphatic carbocycles. The maximum Gasteiger partial charge on any atom is 0.408 e. The van der Waals surface area contributed by atoms with Gasteiger partial charge < -0.3 is 10.6 Å². The minimum absolute atomic E-state index is 0.118. The summed E-state index contributed by atoms with van der Waals surface area (Å²) in [5, 5.41) is 8.49. The largest absolute Gasteiger partial charge is 0.408 e. The Kier molecular flexibility index (Phi) is 5.15. The lowest BCUT2D eigenvalue weighted by Gasteiger charge is -2.15. The summed E-state index contributed by atoms with van der Waals surface area (Å²) in [5.41, 5.74) is -0.791. The van der Waals surface area contributed by atoms with Crippen molar-refractivity contribution in [1.82, 2.24) is 15.1 Å². The van der Waals surface area contributed by atoms with Crippen molar-refractivity contribution >= 4 is 27.5 Å². The van der Waals surface area contributed by atoms with Gasteiger partial charge in [0.1, 0.15) is 17.1 Å². The van der Waals surface area contributed by atoms with Crippen LogP contribution in [0, 0.1) is 0 Å². The molecule has 1 atom stereocenters. The van der Waals surface area contributed by atoms with Crippen molar-refractivity contribution in [2.24, 2.45) is 0 Å². The van der Waals surface area contributed by atoms with Crippen LogP contribution in [-0.2, 0) is 11.3 Å². The normalized spacial score (nSPS) is 12.9. The van der Waals surface area contributed by atoms with E-state index in [1.165, 1.54) is 14.0 Å². The van der Waals surface area contributed by atoms with Gasteiger partial charge in [0.25, 0.3) is 5.56 Å². The molecule has 6 nitrogen and oxygen atoms in total. The number of rotatable bonds is 4. The average molecular weight is 357 g/mol. The highest BCUT2D eigenvalue weighted by Crippen LogP contribution is 2.20. The van der Waals surface area contributed by atoms with Gasteiger partial charge in [-0.3, -0.25) is 9.59 Å². The number of anilines is 1. The van der Waals surface area contributed by atoms with E-state index < -0.39 is 24.3 Å². The van der Waals surface area contributed by atoms with Gasteiger partial charge in [-0.15, -0.1) is 0 Å². The highest BCUT2D eigenvalue weighted by molar-refractivity contribution is 9.10. The standard InChI is InChI=1S/C10H12BrF3N4O2/c1-5(8(19)15-2)17-6-3-16-18(4-10(12,13)14)9(20)7(6)11/h3,5,17H,4H2,1-2H3,(H,15,19). The lowest BCUT2D eigenvalue weighted by atomic mass is 10.3. The molecule has 1 amide bonds. The number of aromatic nitrogens is 2. The molecule has 1 heterocycles. The summed E-state index contributed by atoms with van der Waals surface area (Å²) in [6.45, 7) is 0.0578. The molecular formula is C10H12BrF3N4O2. The molecule has 112 valence electrons. The van der Waals surface area contributed by atoms with E-state index in [9.17, 15) is 22.8 Å². The van der Waals surface area contributed by atoms with Crippen molar-refractivity contribution in [1.29, 1.82) is 0 Å². The smallest absolute Gasteiger partial charge is 0.372 e. The lowest BCUT2D eigenvalue weighted by Crippen LogP contribution is -2.36. The lowest BCUT2D eigenvalue weighted by molar-refractivity contribution is -0.143. The number of amides is 1. The topological polar surface area (TPSA) is 76.0 Å². The number of nitrogens with one attached hydrogen (secondary N) is 2. The first-order valence-electron chi connectivity index (χ1n) is 5.46. The summed E-state index contributed by atoms with van der Waals surface area (Å²) < 4.78 is 36.9. The summed E-state index contributed by atoms with van der Waals surface area (Å²) in [4.78, 5) is 23.0. The predicted molar refractivity (Wildman–Crippen MR) is 69.4 cm³/mol. The van der Waals surface area contributed by atoms with Gasteiger partial charge in [-0.05, 0) is 22.9 Å². The molecule has 0 aliphatic heterocycles. The highest BCUT2D eigenvalue weighted by Gasteiger charge is 2.29. The number of alkyl halides is 3. The van der Waals surface area contributed by atoms with E-state index in [-0.39, 0.29) is 16.1 Å². The molecule has 10 heteroatoms. The molecular weight excluding hydrogens is 345 g/mol. The highest BCUT2D eigenvalue weighted by atomic mass is 79.9. The van der Waals surface area contributed by atoms with Crippen LogP contribution in [0.25, 0.3) is 0 Å². The zero-order valence-corrected chi connectivity index (χ0v) is 12.2. The fourth-order valence-electron chi connectivity index (χ4n) is 1.36. The average Bonchev–Trinajstić information content (AvgIpc) is 2.35. The van der Waals surface area contributed by atoms with Crippen LogP contribution in [0.4, 0.5) is 18.9 Å². The van der Waals surface area contributed by atoms with Crippen LogP contribution < -0.4 is 16.2 Å². The van der Waals surface area contributed by atoms with Gasteiger partial charge in [-0.25, -0.2) is 4.68 Å². The monoisotopic (exact) mass is 356 g/mol. The Morgan fingerprint density at radius 3 is 2.65 bits per heavy atom. The minimum Gasteiger partial charge on any atom is -0.372 e. The molecule has 1 rings (SSSR count). The Morgan fingerprint density at radius 1 is 1.55 bits per heavy atom. The summed E-state index contributed by atoms with van der Waals surface area (Å²) in [7, 11) is 1.44. The minimum atomic E-state index is -4.54. The van der Waals surface area contributed by atoms with Gasteiger partial charge in [-0.1, -0.05) is 0 Å². The van der Waals surface area contributed by atoms with Gasteiger partial charge in [0.15, 0.2) is 0 Å². The number of carbonyl (C=O) groups excluding carboxylic acids is 1. The van der Waals surface area contributed by atoms with Crippen molar-refractivity contribution in [2.45, 2.75) is 25.7 Å². The van der Waals surface area contributed by atoms with Crippen LogP contribution in [0.2, 0.25) is 0 Å². The molecule has 0 bridgehead atoms. The molecule has 1 unspecified atom stereocenters. The van der Waals surface area contributed by atoms with Gasteiger partial charge >= 0.3 is 6.18 Å². The second-order valence-corrected chi connectivity index (χ2v) is 4.72. The summed E-state index contributed by atoms with van der Waals surface area (Å²) in [6.07, 6.45) is -3.49. The van der Waals surface area contributed by atoms with Gasteiger partial charge in [-0.2, -0.15) is 18.3 Å². The number of hydrogen-bond donors (Lipinski definition) is 2. The van der Waals surface area contributed by atoms with Gasteiger partial charge in [0.2, 0.25) is 5.91 Å². The Labute approximate surface area is 120 Å². The van der Waals surface area contributed by atoms with Crippen LogP contribution in [0.3, 0.4) is 0 Å². The van der Waals surface area contributed by atoms with Crippen LogP contribution in [-0.4, -0.2) is 35.0 Å². The molecule has 0 aliphatic rings. The first kappa shape index (κ1) is 16.5. The first-order chi connectivity index (χ1) is 9.15. The maximum absolute atomic E-state index is 12.2. The van der Waals surface area contributed by atoms with Crippen molar-refractivity contribution in [2.75, 3.05) is 12.4 Å². The second-order valence-electron chi connectivity index (χ2n) is 3.93. The van der Waals surface area contributed by atoms with Crippen LogP contribution >= 0.6 is 15.9 Å². The van der Waals surface area contributed by atoms with Crippen molar-refractivity contribution in [3.05, 3.63) is 21.0 Å². The molecule has 0 radical (unpaired) electrons. The number of nitrogens with zero attached hydrogens (tertiary/aromatic N) is 2. The van der Waals surface area contributed by atoms with Crippen LogP contribution in [0.5, 0.6) is 0 Å². The van der Waals surface area contributed by atoms with Crippen LogP contribution in [0.15, 0.2) is 15.5 Å². The molecule has 20 heavy (non-hydrogen) atoms. The Hall–Kier alpha value is -1.58. The molecule has 0 fully saturated rings. The Morgan fingerprint density at radius 2 is 2.15 bits per heavy atom. The van der Waals surface area contributed by atoms with E-state index in [2.05, 4.69) is 31.7 Å². The van der Waals surface area contributed by atoms with Crippen molar-refractivity contribution in [3.63, 3.8) is 0 Å². The Balaban J connectivity index is 3.01. The van der Waals surface area contributed by atoms with E-state index >= 15 is 0 Å². The van der Waals surface area contributed by atoms with E-state index in [1.54, 1.807) is 0 Å². The third-order valence-corrected chi connectivity index (χ3v) is 3.09. The second kappa shape index (κ2) is 6.25. The zero-order valence-electron chi connectivity index (χ0n) is 10.6.